The van der Waals surface area contributed by atoms with Crippen molar-refractivity contribution in [1.29, 1.82) is 0 Å². The van der Waals surface area contributed by atoms with Crippen LogP contribution in [0.3, 0.4) is 0 Å². The number of nitrogens with zero attached hydrogens (tertiary/aromatic N) is 2. The standard InChI is InChI=1S/C22H22ClN5O3S/c1-12-7-8-17(10-18(12)23)25-20(30)11-19-21(31)26-22(32-19)28-27-13(2)15-5-4-6-16(9-15)24-14(3)29/h4-10,19H,11H2,1-3H3,(H,24,29)(H,25,30)(H,26,28,31). The minimum absolute atomic E-state index is 0.0114. The van der Waals surface area contributed by atoms with Crippen LogP contribution in [0.25, 0.3) is 0 Å². The third-order valence-electron chi connectivity index (χ3n) is 4.49. The first-order valence-electron chi connectivity index (χ1n) is 9.75. The fourth-order valence-corrected chi connectivity index (χ4v) is 3.94. The van der Waals surface area contributed by atoms with Gasteiger partial charge in [0, 0.05) is 29.7 Å². The van der Waals surface area contributed by atoms with Gasteiger partial charge < -0.3 is 16.0 Å². The zero-order valence-corrected chi connectivity index (χ0v) is 19.3. The SMILES string of the molecule is CC(=O)Nc1cccc(C(C)=NN=C2NC(=O)C(CC(=O)Nc3ccc(C)c(Cl)c3)S2)c1. The van der Waals surface area contributed by atoms with Gasteiger partial charge in [0.15, 0.2) is 5.17 Å². The Hall–Kier alpha value is -3.17. The van der Waals surface area contributed by atoms with Gasteiger partial charge in [-0.05, 0) is 49.2 Å². The molecule has 1 aliphatic heterocycles. The van der Waals surface area contributed by atoms with E-state index in [0.29, 0.717) is 27.3 Å². The van der Waals surface area contributed by atoms with Crippen molar-refractivity contribution in [3.63, 3.8) is 0 Å². The van der Waals surface area contributed by atoms with Gasteiger partial charge in [0.2, 0.25) is 17.7 Å². The molecule has 2 aromatic rings. The van der Waals surface area contributed by atoms with E-state index in [1.54, 1.807) is 37.3 Å². The molecule has 0 bridgehead atoms. The van der Waals surface area contributed by atoms with Crippen LogP contribution >= 0.6 is 23.4 Å². The van der Waals surface area contributed by atoms with E-state index in [2.05, 4.69) is 26.2 Å². The fraction of sp³-hybridized carbons (Fsp3) is 0.227. The van der Waals surface area contributed by atoms with Crippen LogP contribution in [0.4, 0.5) is 11.4 Å². The summed E-state index contributed by atoms with van der Waals surface area (Å²) in [4.78, 5) is 35.8. The van der Waals surface area contributed by atoms with E-state index in [0.717, 1.165) is 22.9 Å². The molecular formula is C22H22ClN5O3S. The summed E-state index contributed by atoms with van der Waals surface area (Å²) in [5.41, 5.74) is 3.53. The number of hydrogen-bond acceptors (Lipinski definition) is 6. The van der Waals surface area contributed by atoms with Gasteiger partial charge in [-0.2, -0.15) is 5.10 Å². The minimum Gasteiger partial charge on any atom is -0.326 e. The summed E-state index contributed by atoms with van der Waals surface area (Å²) in [6.45, 7) is 5.08. The van der Waals surface area contributed by atoms with Crippen molar-refractivity contribution in [2.24, 2.45) is 10.2 Å². The van der Waals surface area contributed by atoms with E-state index in [1.807, 2.05) is 19.1 Å². The van der Waals surface area contributed by atoms with Gasteiger partial charge in [-0.25, -0.2) is 0 Å². The van der Waals surface area contributed by atoms with Crippen LogP contribution in [0.2, 0.25) is 5.02 Å². The Morgan fingerprint density at radius 1 is 1.12 bits per heavy atom. The second kappa shape index (κ2) is 10.4. The number of hydrogen-bond donors (Lipinski definition) is 3. The molecule has 1 unspecified atom stereocenters. The molecule has 1 heterocycles. The molecule has 0 radical (unpaired) electrons. The maximum atomic E-state index is 12.3. The third kappa shape index (κ3) is 6.41. The number of amides is 3. The zero-order chi connectivity index (χ0) is 23.3. The van der Waals surface area contributed by atoms with Crippen LogP contribution in [-0.4, -0.2) is 33.9 Å². The van der Waals surface area contributed by atoms with Crippen LogP contribution in [0.15, 0.2) is 52.7 Å². The van der Waals surface area contributed by atoms with Crippen LogP contribution in [-0.2, 0) is 14.4 Å². The highest BCUT2D eigenvalue weighted by Crippen LogP contribution is 2.24. The summed E-state index contributed by atoms with van der Waals surface area (Å²) in [5, 5.41) is 16.7. The Labute approximate surface area is 194 Å². The van der Waals surface area contributed by atoms with Gasteiger partial charge in [-0.3, -0.25) is 14.4 Å². The average Bonchev–Trinajstić information content (AvgIpc) is 3.07. The van der Waals surface area contributed by atoms with E-state index in [4.69, 9.17) is 11.6 Å². The van der Waals surface area contributed by atoms with E-state index in [1.165, 1.54) is 6.92 Å². The summed E-state index contributed by atoms with van der Waals surface area (Å²) in [6, 6.07) is 12.4. The summed E-state index contributed by atoms with van der Waals surface area (Å²) < 4.78 is 0. The first kappa shape index (κ1) is 23.5. The Kier molecular flexibility index (Phi) is 7.66. The van der Waals surface area contributed by atoms with Crippen molar-refractivity contribution >= 4 is 63.3 Å². The van der Waals surface area contributed by atoms with Gasteiger partial charge in [0.1, 0.15) is 5.25 Å². The molecule has 0 aromatic heterocycles. The number of aryl methyl sites for hydroxylation is 1. The third-order valence-corrected chi connectivity index (χ3v) is 5.97. The van der Waals surface area contributed by atoms with Crippen molar-refractivity contribution in [1.82, 2.24) is 5.32 Å². The molecule has 3 N–H and O–H groups in total. The highest BCUT2D eigenvalue weighted by molar-refractivity contribution is 8.15. The van der Waals surface area contributed by atoms with Crippen molar-refractivity contribution in [2.45, 2.75) is 32.4 Å². The number of nitrogens with one attached hydrogen (secondary N) is 3. The number of halogens is 1. The lowest BCUT2D eigenvalue weighted by Gasteiger charge is -2.08. The first-order chi connectivity index (χ1) is 15.2. The molecule has 8 nitrogen and oxygen atoms in total. The van der Waals surface area contributed by atoms with Crippen molar-refractivity contribution < 1.29 is 14.4 Å². The normalized spacial score (nSPS) is 17.2. The Balaban J connectivity index is 1.61. The number of amidine groups is 1. The number of carbonyl (C=O) groups is 3. The molecule has 0 saturated carbocycles. The molecule has 1 fully saturated rings. The maximum Gasteiger partial charge on any atom is 0.240 e. The van der Waals surface area contributed by atoms with Gasteiger partial charge in [0.05, 0.1) is 5.71 Å². The Morgan fingerprint density at radius 3 is 2.59 bits per heavy atom. The molecule has 1 saturated heterocycles. The Morgan fingerprint density at radius 2 is 1.88 bits per heavy atom. The minimum atomic E-state index is -0.603. The molecular weight excluding hydrogens is 450 g/mol. The van der Waals surface area contributed by atoms with Crippen LogP contribution < -0.4 is 16.0 Å². The summed E-state index contributed by atoms with van der Waals surface area (Å²) in [5.74, 6) is -0.762. The number of benzene rings is 2. The summed E-state index contributed by atoms with van der Waals surface area (Å²) >= 11 is 7.23. The van der Waals surface area contributed by atoms with E-state index < -0.39 is 5.25 Å². The predicted molar refractivity (Wildman–Crippen MR) is 129 cm³/mol. The molecule has 3 rings (SSSR count). The molecule has 1 atom stereocenters. The monoisotopic (exact) mass is 471 g/mol. The second-order valence-corrected chi connectivity index (χ2v) is 8.76. The van der Waals surface area contributed by atoms with Gasteiger partial charge in [-0.1, -0.05) is 41.6 Å². The summed E-state index contributed by atoms with van der Waals surface area (Å²) in [6.07, 6.45) is -0.0114. The largest absolute Gasteiger partial charge is 0.326 e. The number of carbonyl (C=O) groups excluding carboxylic acids is 3. The lowest BCUT2D eigenvalue weighted by molar-refractivity contribution is -0.122. The molecule has 32 heavy (non-hydrogen) atoms. The topological polar surface area (TPSA) is 112 Å². The Bertz CT molecular complexity index is 1130. The van der Waals surface area contributed by atoms with Crippen LogP contribution in [0.1, 0.15) is 31.4 Å². The van der Waals surface area contributed by atoms with Crippen LogP contribution in [0.5, 0.6) is 0 Å². The maximum absolute atomic E-state index is 12.3. The highest BCUT2D eigenvalue weighted by Gasteiger charge is 2.32. The fourth-order valence-electron chi connectivity index (χ4n) is 2.84. The van der Waals surface area contributed by atoms with Crippen molar-refractivity contribution in [2.75, 3.05) is 10.6 Å². The molecule has 0 aliphatic carbocycles. The predicted octanol–water partition coefficient (Wildman–Crippen LogP) is 3.95. The van der Waals surface area contributed by atoms with E-state index >= 15 is 0 Å². The van der Waals surface area contributed by atoms with Crippen molar-refractivity contribution in [3.8, 4) is 0 Å². The molecule has 2 aromatic carbocycles. The number of thioether (sulfide) groups is 1. The van der Waals surface area contributed by atoms with Gasteiger partial charge >= 0.3 is 0 Å². The van der Waals surface area contributed by atoms with E-state index in [9.17, 15) is 14.4 Å². The molecule has 1 aliphatic rings. The smallest absolute Gasteiger partial charge is 0.240 e. The van der Waals surface area contributed by atoms with Gasteiger partial charge in [0.25, 0.3) is 0 Å². The van der Waals surface area contributed by atoms with E-state index in [-0.39, 0.29) is 24.1 Å². The summed E-state index contributed by atoms with van der Waals surface area (Å²) in [7, 11) is 0. The average molecular weight is 472 g/mol. The molecule has 10 heteroatoms. The van der Waals surface area contributed by atoms with Crippen molar-refractivity contribution in [3.05, 3.63) is 58.6 Å². The highest BCUT2D eigenvalue weighted by atomic mass is 35.5. The van der Waals surface area contributed by atoms with Gasteiger partial charge in [-0.15, -0.1) is 5.10 Å². The zero-order valence-electron chi connectivity index (χ0n) is 17.7. The molecule has 0 spiro atoms. The number of rotatable bonds is 6. The quantitative estimate of drug-likeness (QED) is 0.437. The molecule has 166 valence electrons. The van der Waals surface area contributed by atoms with Crippen LogP contribution in [0, 0.1) is 6.92 Å². The molecule has 3 amide bonds. The number of anilines is 2. The second-order valence-electron chi connectivity index (χ2n) is 7.16. The first-order valence-corrected chi connectivity index (χ1v) is 11.0. The lowest BCUT2D eigenvalue weighted by atomic mass is 10.1. The lowest BCUT2D eigenvalue weighted by Crippen LogP contribution is -2.28.